The first-order valence-electron chi connectivity index (χ1n) is 5.78. The summed E-state index contributed by atoms with van der Waals surface area (Å²) in [5.74, 6) is -0.0520. The summed E-state index contributed by atoms with van der Waals surface area (Å²) in [5.41, 5.74) is 6.86. The van der Waals surface area contributed by atoms with Gasteiger partial charge in [-0.25, -0.2) is 12.7 Å². The normalized spacial score (nSPS) is 13.8. The number of anilines is 1. The lowest BCUT2D eigenvalue weighted by Gasteiger charge is -2.18. The van der Waals surface area contributed by atoms with Crippen LogP contribution in [0.25, 0.3) is 0 Å². The van der Waals surface area contributed by atoms with Gasteiger partial charge in [0.1, 0.15) is 0 Å². The minimum atomic E-state index is -3.34. The van der Waals surface area contributed by atoms with Crippen molar-refractivity contribution in [2.75, 3.05) is 19.3 Å². The Bertz CT molecular complexity index is 469. The van der Waals surface area contributed by atoms with Crippen molar-refractivity contribution in [2.45, 2.75) is 25.2 Å². The van der Waals surface area contributed by atoms with Crippen LogP contribution in [0.5, 0.6) is 0 Å². The molecule has 102 valence electrons. The molecular formula is C12H20N2O3S. The maximum absolute atomic E-state index is 12.0. The third-order valence-corrected chi connectivity index (χ3v) is 4.50. The number of hydrogen-bond donors (Lipinski definition) is 2. The Labute approximate surface area is 108 Å². The van der Waals surface area contributed by atoms with Crippen molar-refractivity contribution in [3.8, 4) is 0 Å². The third kappa shape index (κ3) is 4.64. The highest BCUT2D eigenvalue weighted by atomic mass is 32.2. The Morgan fingerprint density at radius 3 is 2.39 bits per heavy atom. The average molecular weight is 272 g/mol. The van der Waals surface area contributed by atoms with E-state index in [1.54, 1.807) is 31.2 Å². The van der Waals surface area contributed by atoms with Gasteiger partial charge in [-0.3, -0.25) is 0 Å². The van der Waals surface area contributed by atoms with E-state index in [2.05, 4.69) is 0 Å². The Kier molecular flexibility index (Phi) is 5.13. The molecule has 6 heteroatoms. The summed E-state index contributed by atoms with van der Waals surface area (Å²) >= 11 is 0. The molecule has 1 aromatic rings. The van der Waals surface area contributed by atoms with Gasteiger partial charge in [-0.2, -0.15) is 0 Å². The summed E-state index contributed by atoms with van der Waals surface area (Å²) < 4.78 is 25.3. The molecule has 0 bridgehead atoms. The van der Waals surface area contributed by atoms with E-state index in [0.717, 1.165) is 0 Å². The third-order valence-electron chi connectivity index (χ3n) is 2.67. The molecule has 1 aromatic carbocycles. The van der Waals surface area contributed by atoms with Gasteiger partial charge in [-0.1, -0.05) is 12.1 Å². The summed E-state index contributed by atoms with van der Waals surface area (Å²) in [6, 6.07) is 6.77. The predicted octanol–water partition coefficient (Wildman–Crippen LogP) is 0.801. The summed E-state index contributed by atoms with van der Waals surface area (Å²) in [6.45, 7) is 1.95. The van der Waals surface area contributed by atoms with Gasteiger partial charge >= 0.3 is 0 Å². The van der Waals surface area contributed by atoms with E-state index in [1.807, 2.05) is 0 Å². The topological polar surface area (TPSA) is 83.6 Å². The van der Waals surface area contributed by atoms with E-state index >= 15 is 0 Å². The highest BCUT2D eigenvalue weighted by Gasteiger charge is 2.18. The first kappa shape index (κ1) is 14.9. The van der Waals surface area contributed by atoms with Gasteiger partial charge in [0.25, 0.3) is 0 Å². The summed E-state index contributed by atoms with van der Waals surface area (Å²) in [5, 5.41) is 9.15. The number of rotatable bonds is 6. The number of aliphatic hydroxyl groups is 1. The number of aliphatic hydroxyl groups excluding tert-OH is 1. The predicted molar refractivity (Wildman–Crippen MR) is 72.4 cm³/mol. The van der Waals surface area contributed by atoms with Gasteiger partial charge in [0, 0.05) is 19.3 Å². The minimum Gasteiger partial charge on any atom is -0.399 e. The second-order valence-corrected chi connectivity index (χ2v) is 6.53. The van der Waals surface area contributed by atoms with Crippen LogP contribution in [0.15, 0.2) is 24.3 Å². The lowest BCUT2D eigenvalue weighted by molar-refractivity contribution is 0.177. The van der Waals surface area contributed by atoms with Gasteiger partial charge in [0.05, 0.1) is 11.9 Å². The Hall–Kier alpha value is -1.11. The lowest BCUT2D eigenvalue weighted by atomic mass is 10.2. The van der Waals surface area contributed by atoms with Crippen molar-refractivity contribution in [3.63, 3.8) is 0 Å². The van der Waals surface area contributed by atoms with Crippen LogP contribution >= 0.6 is 0 Å². The molecule has 0 aromatic heterocycles. The number of nitrogens with two attached hydrogens (primary N) is 1. The molecule has 0 amide bonds. The van der Waals surface area contributed by atoms with Crippen LogP contribution < -0.4 is 5.73 Å². The molecule has 0 aliphatic rings. The van der Waals surface area contributed by atoms with Gasteiger partial charge < -0.3 is 10.8 Å². The Morgan fingerprint density at radius 2 is 1.89 bits per heavy atom. The van der Waals surface area contributed by atoms with Crippen LogP contribution in [0.4, 0.5) is 5.69 Å². The number of nitrogens with zero attached hydrogens (tertiary/aromatic N) is 1. The molecule has 1 unspecified atom stereocenters. The zero-order chi connectivity index (χ0) is 13.8. The van der Waals surface area contributed by atoms with Crippen LogP contribution in [0.2, 0.25) is 0 Å². The maximum atomic E-state index is 12.0. The molecule has 0 heterocycles. The molecule has 5 nitrogen and oxygen atoms in total. The number of hydrogen-bond acceptors (Lipinski definition) is 4. The molecule has 0 spiro atoms. The van der Waals surface area contributed by atoms with E-state index in [-0.39, 0.29) is 5.75 Å². The highest BCUT2D eigenvalue weighted by Crippen LogP contribution is 2.12. The molecule has 1 atom stereocenters. The Balaban J connectivity index is 2.66. The van der Waals surface area contributed by atoms with E-state index in [0.29, 0.717) is 24.2 Å². The van der Waals surface area contributed by atoms with Crippen LogP contribution in [0.3, 0.4) is 0 Å². The molecule has 18 heavy (non-hydrogen) atoms. The second kappa shape index (κ2) is 6.17. The standard InChI is InChI=1S/C12H20N2O3S/c1-10(15)7-8-14(2)18(16,17)9-11-3-5-12(13)6-4-11/h3-6,10,15H,7-9,13H2,1-2H3. The first-order valence-corrected chi connectivity index (χ1v) is 7.38. The van der Waals surface area contributed by atoms with Crippen molar-refractivity contribution < 1.29 is 13.5 Å². The minimum absolute atomic E-state index is 0.0520. The zero-order valence-electron chi connectivity index (χ0n) is 10.7. The molecule has 0 aliphatic heterocycles. The number of benzene rings is 1. The Morgan fingerprint density at radius 1 is 1.33 bits per heavy atom. The zero-order valence-corrected chi connectivity index (χ0v) is 11.5. The van der Waals surface area contributed by atoms with Gasteiger partial charge in [0.15, 0.2) is 0 Å². The molecule has 0 radical (unpaired) electrons. The molecule has 0 saturated heterocycles. The summed E-state index contributed by atoms with van der Waals surface area (Å²) in [6.07, 6.45) is -0.0727. The van der Waals surface area contributed by atoms with Gasteiger partial charge in [-0.05, 0) is 31.0 Å². The van der Waals surface area contributed by atoms with E-state index in [4.69, 9.17) is 10.8 Å². The van der Waals surface area contributed by atoms with Crippen molar-refractivity contribution in [3.05, 3.63) is 29.8 Å². The van der Waals surface area contributed by atoms with Crippen molar-refractivity contribution in [1.29, 1.82) is 0 Å². The van der Waals surface area contributed by atoms with E-state index < -0.39 is 16.1 Å². The fraction of sp³-hybridized carbons (Fsp3) is 0.500. The summed E-state index contributed by atoms with van der Waals surface area (Å²) in [4.78, 5) is 0. The maximum Gasteiger partial charge on any atom is 0.218 e. The van der Waals surface area contributed by atoms with E-state index in [9.17, 15) is 8.42 Å². The highest BCUT2D eigenvalue weighted by molar-refractivity contribution is 7.88. The SMILES string of the molecule is CC(O)CCN(C)S(=O)(=O)Cc1ccc(N)cc1. The van der Waals surface area contributed by atoms with Gasteiger partial charge in [-0.15, -0.1) is 0 Å². The smallest absolute Gasteiger partial charge is 0.218 e. The number of nitrogen functional groups attached to an aromatic ring is 1. The second-order valence-electron chi connectivity index (χ2n) is 4.46. The largest absolute Gasteiger partial charge is 0.399 e. The monoisotopic (exact) mass is 272 g/mol. The van der Waals surface area contributed by atoms with Crippen LogP contribution in [-0.2, 0) is 15.8 Å². The van der Waals surface area contributed by atoms with Crippen LogP contribution in [0, 0.1) is 0 Å². The van der Waals surface area contributed by atoms with E-state index in [1.165, 1.54) is 11.4 Å². The first-order chi connectivity index (χ1) is 8.31. The number of sulfonamides is 1. The molecule has 0 aliphatic carbocycles. The molecule has 3 N–H and O–H groups in total. The average Bonchev–Trinajstić information content (AvgIpc) is 2.28. The van der Waals surface area contributed by atoms with Crippen molar-refractivity contribution >= 4 is 15.7 Å². The quantitative estimate of drug-likeness (QED) is 0.750. The van der Waals surface area contributed by atoms with Crippen LogP contribution in [-0.4, -0.2) is 37.5 Å². The fourth-order valence-corrected chi connectivity index (χ4v) is 2.66. The fourth-order valence-electron chi connectivity index (χ4n) is 1.44. The van der Waals surface area contributed by atoms with Crippen LogP contribution in [0.1, 0.15) is 18.9 Å². The lowest BCUT2D eigenvalue weighted by Crippen LogP contribution is -2.30. The summed E-state index contributed by atoms with van der Waals surface area (Å²) in [7, 11) is -1.82. The van der Waals surface area contributed by atoms with Crippen molar-refractivity contribution in [2.24, 2.45) is 0 Å². The molecule has 0 saturated carbocycles. The molecule has 1 rings (SSSR count). The molecular weight excluding hydrogens is 252 g/mol. The van der Waals surface area contributed by atoms with Crippen molar-refractivity contribution in [1.82, 2.24) is 4.31 Å². The van der Waals surface area contributed by atoms with Gasteiger partial charge in [0.2, 0.25) is 10.0 Å². The molecule has 0 fully saturated rings.